The number of para-hydroxylation sites is 1. The lowest BCUT2D eigenvalue weighted by atomic mass is 9.98. The van der Waals surface area contributed by atoms with Crippen LogP contribution in [0.25, 0.3) is 16.6 Å². The van der Waals surface area contributed by atoms with Gasteiger partial charge >= 0.3 is 0 Å². The Labute approximate surface area is 182 Å². The molecule has 1 fully saturated rings. The van der Waals surface area contributed by atoms with Crippen molar-refractivity contribution in [3.63, 3.8) is 0 Å². The van der Waals surface area contributed by atoms with E-state index in [9.17, 15) is 0 Å². The number of aromatic nitrogens is 3. The maximum absolute atomic E-state index is 5.97. The first kappa shape index (κ1) is 19.9. The van der Waals surface area contributed by atoms with Gasteiger partial charge in [-0.3, -0.25) is 0 Å². The van der Waals surface area contributed by atoms with Gasteiger partial charge < -0.3 is 20.4 Å². The fourth-order valence-electron chi connectivity index (χ4n) is 4.24. The van der Waals surface area contributed by atoms with E-state index >= 15 is 0 Å². The van der Waals surface area contributed by atoms with Gasteiger partial charge in [-0.2, -0.15) is 9.61 Å². The van der Waals surface area contributed by atoms with E-state index in [0.717, 1.165) is 59.2 Å². The summed E-state index contributed by atoms with van der Waals surface area (Å²) < 4.78 is 7.87. The van der Waals surface area contributed by atoms with Crippen molar-refractivity contribution >= 4 is 28.3 Å². The summed E-state index contributed by atoms with van der Waals surface area (Å²) in [4.78, 5) is 4.90. The molecule has 4 aromatic rings. The minimum atomic E-state index is 0.355. The van der Waals surface area contributed by atoms with Gasteiger partial charge in [0.15, 0.2) is 5.65 Å². The average Bonchev–Trinajstić information content (AvgIpc) is 3.40. The number of hydrogen-bond acceptors (Lipinski definition) is 6. The molecule has 1 aliphatic rings. The molecule has 162 valence electrons. The molecule has 0 unspecified atom stereocenters. The molecule has 5 rings (SSSR count). The fourth-order valence-corrected chi connectivity index (χ4v) is 4.24. The zero-order valence-electron chi connectivity index (χ0n) is 18.2. The van der Waals surface area contributed by atoms with Crippen molar-refractivity contribution in [1.29, 1.82) is 0 Å². The minimum Gasteiger partial charge on any atom is -0.459 e. The van der Waals surface area contributed by atoms with Crippen LogP contribution in [0.15, 0.2) is 47.0 Å². The first-order chi connectivity index (χ1) is 15.2. The van der Waals surface area contributed by atoms with Gasteiger partial charge in [-0.1, -0.05) is 32.0 Å². The first-order valence-corrected chi connectivity index (χ1v) is 11.2. The number of nitrogens with zero attached hydrogens (tertiary/aromatic N) is 3. The van der Waals surface area contributed by atoms with E-state index in [-0.39, 0.29) is 0 Å². The summed E-state index contributed by atoms with van der Waals surface area (Å²) in [5, 5.41) is 16.2. The van der Waals surface area contributed by atoms with E-state index in [4.69, 9.17) is 9.40 Å². The molecule has 0 amide bonds. The normalized spacial score (nSPS) is 15.2. The van der Waals surface area contributed by atoms with Crippen LogP contribution in [-0.4, -0.2) is 34.2 Å². The summed E-state index contributed by atoms with van der Waals surface area (Å²) in [5.41, 5.74) is 2.96. The number of piperidine rings is 1. The molecule has 1 aliphatic heterocycles. The topological polar surface area (TPSA) is 79.4 Å². The molecule has 0 atom stereocenters. The van der Waals surface area contributed by atoms with Crippen molar-refractivity contribution in [2.45, 2.75) is 39.2 Å². The van der Waals surface area contributed by atoms with E-state index < -0.39 is 0 Å². The van der Waals surface area contributed by atoms with Gasteiger partial charge in [-0.05, 0) is 49.9 Å². The second-order valence-corrected chi connectivity index (χ2v) is 8.70. The number of furan rings is 1. The highest BCUT2D eigenvalue weighted by Crippen LogP contribution is 2.26. The smallest absolute Gasteiger partial charge is 0.163 e. The van der Waals surface area contributed by atoms with Crippen LogP contribution in [0.2, 0.25) is 0 Å². The molecule has 3 N–H and O–H groups in total. The summed E-state index contributed by atoms with van der Waals surface area (Å²) in [6.07, 6.45) is 4.34. The van der Waals surface area contributed by atoms with E-state index in [0.29, 0.717) is 18.4 Å². The summed E-state index contributed by atoms with van der Waals surface area (Å²) >= 11 is 0. The molecule has 0 saturated carbocycles. The zero-order valence-corrected chi connectivity index (χ0v) is 18.2. The molecule has 4 heterocycles. The maximum atomic E-state index is 5.97. The molecule has 0 aliphatic carbocycles. The molecule has 0 spiro atoms. The van der Waals surface area contributed by atoms with Crippen LogP contribution in [-0.2, 0) is 6.54 Å². The quantitative estimate of drug-likeness (QED) is 0.406. The monoisotopic (exact) mass is 418 g/mol. The Morgan fingerprint density at radius 3 is 2.81 bits per heavy atom. The van der Waals surface area contributed by atoms with Crippen molar-refractivity contribution < 1.29 is 4.42 Å². The number of rotatable bonds is 7. The zero-order chi connectivity index (χ0) is 21.2. The van der Waals surface area contributed by atoms with E-state index in [1.54, 1.807) is 0 Å². The van der Waals surface area contributed by atoms with Crippen molar-refractivity contribution in [3.05, 3.63) is 53.9 Å². The van der Waals surface area contributed by atoms with Gasteiger partial charge in [0.2, 0.25) is 0 Å². The second-order valence-electron chi connectivity index (χ2n) is 8.70. The standard InChI is InChI=1S/C24H30N6O/c1-16(2)20-15-28-30-23(27-14-19-11-18-5-3-4-6-21(18)31-19)12-22(29-24(20)30)26-13-17-7-9-25-10-8-17/h3-6,11-12,15-17,25,27H,7-10,13-14H2,1-2H3,(H,26,29). The third kappa shape index (κ3) is 4.23. The van der Waals surface area contributed by atoms with E-state index in [1.807, 2.05) is 35.0 Å². The first-order valence-electron chi connectivity index (χ1n) is 11.2. The summed E-state index contributed by atoms with van der Waals surface area (Å²) in [5.74, 6) is 3.73. The number of nitrogens with one attached hydrogen (secondary N) is 3. The lowest BCUT2D eigenvalue weighted by Gasteiger charge is -2.23. The van der Waals surface area contributed by atoms with Crippen LogP contribution in [0.1, 0.15) is 43.9 Å². The summed E-state index contributed by atoms with van der Waals surface area (Å²) in [6, 6.07) is 12.2. The molecule has 3 aromatic heterocycles. The van der Waals surface area contributed by atoms with Crippen LogP contribution < -0.4 is 16.0 Å². The highest BCUT2D eigenvalue weighted by atomic mass is 16.3. The highest BCUT2D eigenvalue weighted by Gasteiger charge is 2.16. The van der Waals surface area contributed by atoms with Crippen molar-refractivity contribution in [1.82, 2.24) is 19.9 Å². The van der Waals surface area contributed by atoms with Crippen molar-refractivity contribution in [2.75, 3.05) is 30.3 Å². The van der Waals surface area contributed by atoms with E-state index in [2.05, 4.69) is 47.0 Å². The van der Waals surface area contributed by atoms with Gasteiger partial charge in [0.25, 0.3) is 0 Å². The Kier molecular flexibility index (Phi) is 5.51. The molecule has 0 radical (unpaired) electrons. The van der Waals surface area contributed by atoms with Gasteiger partial charge in [-0.25, -0.2) is 4.98 Å². The lowest BCUT2D eigenvalue weighted by Crippen LogP contribution is -2.31. The third-order valence-corrected chi connectivity index (χ3v) is 6.07. The van der Waals surface area contributed by atoms with Gasteiger partial charge in [-0.15, -0.1) is 0 Å². The SMILES string of the molecule is CC(C)c1cnn2c(NCc3cc4ccccc4o3)cc(NCC3CCNCC3)nc12. The largest absolute Gasteiger partial charge is 0.459 e. The van der Waals surface area contributed by atoms with Crippen molar-refractivity contribution in [2.24, 2.45) is 5.92 Å². The molecule has 1 aromatic carbocycles. The molecule has 7 heteroatoms. The van der Waals surface area contributed by atoms with E-state index in [1.165, 1.54) is 12.8 Å². The van der Waals surface area contributed by atoms with Crippen LogP contribution in [0.4, 0.5) is 11.6 Å². The molecule has 0 bridgehead atoms. The Morgan fingerprint density at radius 2 is 2.00 bits per heavy atom. The molecule has 7 nitrogen and oxygen atoms in total. The molecule has 31 heavy (non-hydrogen) atoms. The van der Waals surface area contributed by atoms with Gasteiger partial charge in [0.05, 0.1) is 12.7 Å². The Bertz CT molecular complexity index is 1140. The summed E-state index contributed by atoms with van der Waals surface area (Å²) in [6.45, 7) is 8.08. The Balaban J connectivity index is 1.40. The van der Waals surface area contributed by atoms with Gasteiger partial charge in [0, 0.05) is 23.6 Å². The number of hydrogen-bond donors (Lipinski definition) is 3. The van der Waals surface area contributed by atoms with Gasteiger partial charge in [0.1, 0.15) is 23.0 Å². The molecular weight excluding hydrogens is 388 g/mol. The predicted molar refractivity (Wildman–Crippen MR) is 125 cm³/mol. The number of benzene rings is 1. The Morgan fingerprint density at radius 1 is 1.16 bits per heavy atom. The van der Waals surface area contributed by atoms with Crippen molar-refractivity contribution in [3.8, 4) is 0 Å². The average molecular weight is 419 g/mol. The summed E-state index contributed by atoms with van der Waals surface area (Å²) in [7, 11) is 0. The maximum Gasteiger partial charge on any atom is 0.163 e. The fraction of sp³-hybridized carbons (Fsp3) is 0.417. The van der Waals surface area contributed by atoms with Crippen LogP contribution in [0, 0.1) is 5.92 Å². The number of anilines is 2. The minimum absolute atomic E-state index is 0.355. The highest BCUT2D eigenvalue weighted by molar-refractivity contribution is 5.77. The molecule has 1 saturated heterocycles. The lowest BCUT2D eigenvalue weighted by molar-refractivity contribution is 0.389. The number of fused-ring (bicyclic) bond motifs is 2. The second kappa shape index (κ2) is 8.59. The molecular formula is C24H30N6O. The third-order valence-electron chi connectivity index (χ3n) is 6.07. The van der Waals surface area contributed by atoms with Crippen LogP contribution in [0.5, 0.6) is 0 Å². The predicted octanol–water partition coefficient (Wildman–Crippen LogP) is 4.62. The Hall–Kier alpha value is -3.06. The van der Waals surface area contributed by atoms with Crippen LogP contribution >= 0.6 is 0 Å². The van der Waals surface area contributed by atoms with Crippen LogP contribution in [0.3, 0.4) is 0 Å².